The maximum atomic E-state index is 12.1. The number of imidazole rings is 1. The molecule has 2 aromatic rings. The zero-order chi connectivity index (χ0) is 14.5. The Morgan fingerprint density at radius 3 is 2.85 bits per heavy atom. The largest absolute Gasteiger partial charge is 0.361 e. The maximum absolute atomic E-state index is 12.1. The highest BCUT2D eigenvalue weighted by molar-refractivity contribution is 5.79. The molecule has 6 nitrogen and oxygen atoms in total. The molecule has 2 heterocycles. The van der Waals surface area contributed by atoms with Crippen LogP contribution >= 0.6 is 0 Å². The van der Waals surface area contributed by atoms with Crippen LogP contribution in [0.25, 0.3) is 0 Å². The molecule has 0 aromatic carbocycles. The third kappa shape index (κ3) is 3.46. The van der Waals surface area contributed by atoms with Crippen LogP contribution in [0.4, 0.5) is 0 Å². The quantitative estimate of drug-likeness (QED) is 0.870. The minimum absolute atomic E-state index is 0.00800. The molecule has 2 rings (SSSR count). The Morgan fingerprint density at radius 1 is 1.50 bits per heavy atom. The number of aryl methyl sites for hydroxylation is 2. The lowest BCUT2D eigenvalue weighted by Gasteiger charge is -2.17. The third-order valence-electron chi connectivity index (χ3n) is 3.37. The molecule has 0 saturated heterocycles. The van der Waals surface area contributed by atoms with Crippen molar-refractivity contribution in [3.8, 4) is 0 Å². The van der Waals surface area contributed by atoms with Crippen molar-refractivity contribution in [3.63, 3.8) is 0 Å². The number of rotatable bonds is 6. The summed E-state index contributed by atoms with van der Waals surface area (Å²) in [6.07, 6.45) is 6.55. The molecule has 20 heavy (non-hydrogen) atoms. The van der Waals surface area contributed by atoms with Gasteiger partial charge in [0.05, 0.1) is 18.4 Å². The van der Waals surface area contributed by atoms with Gasteiger partial charge in [-0.2, -0.15) is 0 Å². The lowest BCUT2D eigenvalue weighted by Crippen LogP contribution is -2.38. The predicted octanol–water partition coefficient (Wildman–Crippen LogP) is 1.63. The van der Waals surface area contributed by atoms with E-state index in [1.54, 1.807) is 12.5 Å². The van der Waals surface area contributed by atoms with Gasteiger partial charge in [-0.15, -0.1) is 0 Å². The first-order valence-corrected chi connectivity index (χ1v) is 6.77. The van der Waals surface area contributed by atoms with Gasteiger partial charge in [0.15, 0.2) is 0 Å². The molecule has 1 unspecified atom stereocenters. The molecule has 2 aromatic heterocycles. The van der Waals surface area contributed by atoms with Crippen molar-refractivity contribution >= 4 is 5.91 Å². The highest BCUT2D eigenvalue weighted by atomic mass is 16.5. The van der Waals surface area contributed by atoms with E-state index in [0.717, 1.165) is 24.2 Å². The number of nitrogens with one attached hydrogen (secondary N) is 1. The number of hydrogen-bond donors (Lipinski definition) is 1. The molecular weight excluding hydrogens is 256 g/mol. The first-order valence-electron chi connectivity index (χ1n) is 6.77. The van der Waals surface area contributed by atoms with Gasteiger partial charge in [-0.05, 0) is 20.3 Å². The highest BCUT2D eigenvalue weighted by Crippen LogP contribution is 2.12. The third-order valence-corrected chi connectivity index (χ3v) is 3.37. The standard InChI is InChI=1S/C14H20N4O2/c1-4-12(8-18-6-5-15-9-18)16-14(19)7-13-10(2)17-20-11(13)3/h5-6,9,12H,4,7-8H2,1-3H3,(H,16,19). The summed E-state index contributed by atoms with van der Waals surface area (Å²) in [7, 11) is 0. The molecule has 0 bridgehead atoms. The molecule has 0 aliphatic heterocycles. The topological polar surface area (TPSA) is 73.0 Å². The molecule has 6 heteroatoms. The van der Waals surface area contributed by atoms with E-state index in [1.807, 2.05) is 24.6 Å². The van der Waals surface area contributed by atoms with Crippen LogP contribution in [0, 0.1) is 13.8 Å². The van der Waals surface area contributed by atoms with Gasteiger partial charge in [0, 0.05) is 30.5 Å². The zero-order valence-electron chi connectivity index (χ0n) is 12.1. The summed E-state index contributed by atoms with van der Waals surface area (Å²) in [5.41, 5.74) is 1.65. The second-order valence-electron chi connectivity index (χ2n) is 4.91. The number of carbonyl (C=O) groups excluding carboxylic acids is 1. The SMILES string of the molecule is CCC(Cn1ccnc1)NC(=O)Cc1c(C)noc1C. The Balaban J connectivity index is 1.92. The molecule has 0 fully saturated rings. The van der Waals surface area contributed by atoms with Crippen LogP contribution in [0.2, 0.25) is 0 Å². The second kappa shape index (κ2) is 6.36. The number of amides is 1. The Kier molecular flexibility index (Phi) is 4.55. The second-order valence-corrected chi connectivity index (χ2v) is 4.91. The van der Waals surface area contributed by atoms with Crippen LogP contribution in [0.15, 0.2) is 23.2 Å². The van der Waals surface area contributed by atoms with E-state index < -0.39 is 0 Å². The van der Waals surface area contributed by atoms with E-state index in [9.17, 15) is 4.79 Å². The molecular formula is C14H20N4O2. The molecule has 0 radical (unpaired) electrons. The normalized spacial score (nSPS) is 12.3. The first-order chi connectivity index (χ1) is 9.60. The van der Waals surface area contributed by atoms with Gasteiger partial charge in [0.1, 0.15) is 5.76 Å². The molecule has 1 N–H and O–H groups in total. The molecule has 108 valence electrons. The Bertz CT molecular complexity index is 540. The van der Waals surface area contributed by atoms with E-state index in [2.05, 4.69) is 22.4 Å². The summed E-state index contributed by atoms with van der Waals surface area (Å²) < 4.78 is 7.03. The molecule has 1 amide bonds. The number of aromatic nitrogens is 3. The van der Waals surface area contributed by atoms with Crippen molar-refractivity contribution in [1.82, 2.24) is 20.0 Å². The summed E-state index contributed by atoms with van der Waals surface area (Å²) in [4.78, 5) is 16.1. The van der Waals surface area contributed by atoms with E-state index in [1.165, 1.54) is 0 Å². The summed E-state index contributed by atoms with van der Waals surface area (Å²) in [5, 5.41) is 6.90. The van der Waals surface area contributed by atoms with Crippen molar-refractivity contribution < 1.29 is 9.32 Å². The minimum atomic E-state index is -0.00800. The monoisotopic (exact) mass is 276 g/mol. The van der Waals surface area contributed by atoms with E-state index >= 15 is 0 Å². The lowest BCUT2D eigenvalue weighted by atomic mass is 10.1. The fourth-order valence-electron chi connectivity index (χ4n) is 2.12. The molecule has 0 aliphatic rings. The van der Waals surface area contributed by atoms with Crippen LogP contribution < -0.4 is 5.32 Å². The van der Waals surface area contributed by atoms with Gasteiger partial charge < -0.3 is 14.4 Å². The van der Waals surface area contributed by atoms with Crippen molar-refractivity contribution in [1.29, 1.82) is 0 Å². The van der Waals surface area contributed by atoms with Crippen molar-refractivity contribution in [2.75, 3.05) is 0 Å². The summed E-state index contributed by atoms with van der Waals surface area (Å²) in [6, 6.07) is 0.0946. The molecule has 0 spiro atoms. The van der Waals surface area contributed by atoms with Gasteiger partial charge in [-0.1, -0.05) is 12.1 Å². The van der Waals surface area contributed by atoms with Crippen molar-refractivity contribution in [2.24, 2.45) is 0 Å². The van der Waals surface area contributed by atoms with Gasteiger partial charge in [0.2, 0.25) is 5.91 Å². The van der Waals surface area contributed by atoms with E-state index in [4.69, 9.17) is 4.52 Å². The minimum Gasteiger partial charge on any atom is -0.361 e. The summed E-state index contributed by atoms with van der Waals surface area (Å²) >= 11 is 0. The Hall–Kier alpha value is -2.11. The fourth-order valence-corrected chi connectivity index (χ4v) is 2.12. The molecule has 1 atom stereocenters. The van der Waals surface area contributed by atoms with Crippen LogP contribution in [-0.2, 0) is 17.8 Å². The van der Waals surface area contributed by atoms with Crippen LogP contribution in [0.1, 0.15) is 30.4 Å². The van der Waals surface area contributed by atoms with Crippen molar-refractivity contribution in [3.05, 3.63) is 35.7 Å². The fraction of sp³-hybridized carbons (Fsp3) is 0.500. The van der Waals surface area contributed by atoms with Gasteiger partial charge in [0.25, 0.3) is 0 Å². The van der Waals surface area contributed by atoms with Gasteiger partial charge >= 0.3 is 0 Å². The predicted molar refractivity (Wildman–Crippen MR) is 74.1 cm³/mol. The Morgan fingerprint density at radius 2 is 2.30 bits per heavy atom. The number of carbonyl (C=O) groups is 1. The average Bonchev–Trinajstić information content (AvgIpc) is 3.03. The molecule has 0 saturated carbocycles. The van der Waals surface area contributed by atoms with Crippen molar-refractivity contribution in [2.45, 2.75) is 46.2 Å². The average molecular weight is 276 g/mol. The van der Waals surface area contributed by atoms with Crippen LogP contribution in [0.5, 0.6) is 0 Å². The van der Waals surface area contributed by atoms with Crippen LogP contribution in [0.3, 0.4) is 0 Å². The number of nitrogens with zero attached hydrogens (tertiary/aromatic N) is 3. The first kappa shape index (κ1) is 14.3. The number of hydrogen-bond acceptors (Lipinski definition) is 4. The smallest absolute Gasteiger partial charge is 0.224 e. The summed E-state index contributed by atoms with van der Waals surface area (Å²) in [5.74, 6) is 0.701. The molecule has 0 aliphatic carbocycles. The van der Waals surface area contributed by atoms with Gasteiger partial charge in [-0.3, -0.25) is 4.79 Å². The summed E-state index contributed by atoms with van der Waals surface area (Å²) in [6.45, 7) is 6.45. The van der Waals surface area contributed by atoms with Gasteiger partial charge in [-0.25, -0.2) is 4.98 Å². The zero-order valence-corrected chi connectivity index (χ0v) is 12.1. The van der Waals surface area contributed by atoms with E-state index in [0.29, 0.717) is 12.2 Å². The van der Waals surface area contributed by atoms with Crippen LogP contribution in [-0.4, -0.2) is 26.7 Å². The highest BCUT2D eigenvalue weighted by Gasteiger charge is 2.16. The Labute approximate surface area is 118 Å². The van der Waals surface area contributed by atoms with E-state index in [-0.39, 0.29) is 11.9 Å². The maximum Gasteiger partial charge on any atom is 0.224 e. The lowest BCUT2D eigenvalue weighted by molar-refractivity contribution is -0.121.